The summed E-state index contributed by atoms with van der Waals surface area (Å²) in [6, 6.07) is 0. The predicted molar refractivity (Wildman–Crippen MR) is 68.3 cm³/mol. The second-order valence-corrected chi connectivity index (χ2v) is 6.59. The summed E-state index contributed by atoms with van der Waals surface area (Å²) in [5, 5.41) is 0. The molecule has 0 unspecified atom stereocenters. The van der Waals surface area contributed by atoms with Crippen molar-refractivity contribution in [3.63, 3.8) is 0 Å². The van der Waals surface area contributed by atoms with Gasteiger partial charge in [0.1, 0.15) is 5.82 Å². The van der Waals surface area contributed by atoms with Gasteiger partial charge in [-0.2, -0.15) is 0 Å². The molecule has 1 aliphatic rings. The Bertz CT molecular complexity index is 679. The monoisotopic (exact) mass is 267 g/mol. The zero-order valence-electron chi connectivity index (χ0n) is 9.65. The molecule has 0 atom stereocenters. The van der Waals surface area contributed by atoms with Crippen LogP contribution in [0.25, 0.3) is 5.65 Å². The van der Waals surface area contributed by atoms with Crippen LogP contribution in [0.4, 0.5) is 11.6 Å². The van der Waals surface area contributed by atoms with Gasteiger partial charge in [0.15, 0.2) is 21.3 Å². The third-order valence-electron chi connectivity index (χ3n) is 3.02. The fourth-order valence-electron chi connectivity index (χ4n) is 2.07. The first-order valence-corrected chi connectivity index (χ1v) is 7.42. The van der Waals surface area contributed by atoms with Crippen molar-refractivity contribution >= 4 is 27.1 Å². The highest BCUT2D eigenvalue weighted by molar-refractivity contribution is 7.91. The molecule has 1 saturated heterocycles. The molecule has 0 saturated carbocycles. The maximum absolute atomic E-state index is 11.4. The van der Waals surface area contributed by atoms with E-state index in [1.807, 2.05) is 4.90 Å². The average molecular weight is 267 g/mol. The number of anilines is 2. The third-order valence-corrected chi connectivity index (χ3v) is 4.63. The molecule has 96 valence electrons. The summed E-state index contributed by atoms with van der Waals surface area (Å²) in [5.74, 6) is 1.34. The summed E-state index contributed by atoms with van der Waals surface area (Å²) in [5.41, 5.74) is 6.44. The summed E-state index contributed by atoms with van der Waals surface area (Å²) in [7, 11) is -2.90. The summed E-state index contributed by atoms with van der Waals surface area (Å²) >= 11 is 0. The lowest BCUT2D eigenvalue weighted by atomic mass is 10.4. The lowest BCUT2D eigenvalue weighted by molar-refractivity contribution is 0.586. The number of fused-ring (bicyclic) bond motifs is 1. The Labute approximate surface area is 104 Å². The maximum Gasteiger partial charge on any atom is 0.180 e. The van der Waals surface area contributed by atoms with E-state index in [9.17, 15) is 8.42 Å². The van der Waals surface area contributed by atoms with Crippen molar-refractivity contribution in [1.29, 1.82) is 0 Å². The van der Waals surface area contributed by atoms with Gasteiger partial charge in [-0.1, -0.05) is 0 Å². The number of imidazole rings is 1. The molecule has 1 aliphatic heterocycles. The molecule has 0 radical (unpaired) electrons. The van der Waals surface area contributed by atoms with E-state index >= 15 is 0 Å². The van der Waals surface area contributed by atoms with Crippen molar-refractivity contribution in [2.75, 3.05) is 35.2 Å². The number of nitrogen functional groups attached to an aromatic ring is 1. The van der Waals surface area contributed by atoms with Crippen LogP contribution in [0.1, 0.15) is 0 Å². The standard InChI is InChI=1S/C10H13N5O2S/c11-8-7-15-2-1-12-9(15)10(13-8)14-3-5-18(16,17)6-4-14/h1-2,7H,3-6,11H2. The first kappa shape index (κ1) is 11.3. The zero-order chi connectivity index (χ0) is 12.8. The molecule has 0 spiro atoms. The summed E-state index contributed by atoms with van der Waals surface area (Å²) in [4.78, 5) is 10.4. The molecule has 8 heteroatoms. The molecular weight excluding hydrogens is 254 g/mol. The second kappa shape index (κ2) is 3.84. The van der Waals surface area contributed by atoms with Gasteiger partial charge in [-0.05, 0) is 0 Å². The molecule has 1 fully saturated rings. The first-order chi connectivity index (χ1) is 8.55. The third kappa shape index (κ3) is 1.88. The van der Waals surface area contributed by atoms with E-state index < -0.39 is 9.84 Å². The molecular formula is C10H13N5O2S. The number of aromatic nitrogens is 3. The number of nitrogens with two attached hydrogens (primary N) is 1. The molecule has 2 N–H and O–H groups in total. The molecule has 18 heavy (non-hydrogen) atoms. The van der Waals surface area contributed by atoms with E-state index in [1.165, 1.54) is 0 Å². The molecule has 0 aliphatic carbocycles. The lowest BCUT2D eigenvalue weighted by Crippen LogP contribution is -2.41. The van der Waals surface area contributed by atoms with Crippen molar-refractivity contribution in [2.45, 2.75) is 0 Å². The Morgan fingerprint density at radius 2 is 2.00 bits per heavy atom. The minimum Gasteiger partial charge on any atom is -0.382 e. The van der Waals surface area contributed by atoms with E-state index in [-0.39, 0.29) is 11.5 Å². The smallest absolute Gasteiger partial charge is 0.180 e. The molecule has 3 rings (SSSR count). The van der Waals surface area contributed by atoms with Crippen molar-refractivity contribution < 1.29 is 8.42 Å². The van der Waals surface area contributed by atoms with E-state index in [2.05, 4.69) is 9.97 Å². The van der Waals surface area contributed by atoms with Crippen LogP contribution in [0.2, 0.25) is 0 Å². The maximum atomic E-state index is 11.4. The Kier molecular flexibility index (Phi) is 2.40. The fourth-order valence-corrected chi connectivity index (χ4v) is 3.27. The van der Waals surface area contributed by atoms with E-state index in [0.29, 0.717) is 30.4 Å². The lowest BCUT2D eigenvalue weighted by Gasteiger charge is -2.27. The molecule has 0 aromatic carbocycles. The molecule has 7 nitrogen and oxygen atoms in total. The molecule has 2 aromatic heterocycles. The van der Waals surface area contributed by atoms with Crippen molar-refractivity contribution in [1.82, 2.24) is 14.4 Å². The van der Waals surface area contributed by atoms with Gasteiger partial charge in [0.05, 0.1) is 17.7 Å². The van der Waals surface area contributed by atoms with Crippen molar-refractivity contribution in [3.8, 4) is 0 Å². The van der Waals surface area contributed by atoms with Crippen molar-refractivity contribution in [3.05, 3.63) is 18.6 Å². The van der Waals surface area contributed by atoms with Gasteiger partial charge < -0.3 is 15.0 Å². The van der Waals surface area contributed by atoms with Crippen LogP contribution in [0.15, 0.2) is 18.6 Å². The van der Waals surface area contributed by atoms with E-state index in [0.717, 1.165) is 0 Å². The Morgan fingerprint density at radius 3 is 2.72 bits per heavy atom. The largest absolute Gasteiger partial charge is 0.382 e. The SMILES string of the molecule is Nc1cn2ccnc2c(N2CCS(=O)(=O)CC2)n1. The topological polar surface area (TPSA) is 93.6 Å². The van der Waals surface area contributed by atoms with Crippen LogP contribution in [0.3, 0.4) is 0 Å². The number of nitrogens with zero attached hydrogens (tertiary/aromatic N) is 4. The van der Waals surface area contributed by atoms with Gasteiger partial charge in [0, 0.05) is 25.5 Å². The fraction of sp³-hybridized carbons (Fsp3) is 0.400. The quantitative estimate of drug-likeness (QED) is 0.752. The van der Waals surface area contributed by atoms with E-state index in [1.54, 1.807) is 23.0 Å². The molecule has 3 heterocycles. The first-order valence-electron chi connectivity index (χ1n) is 5.60. The summed E-state index contributed by atoms with van der Waals surface area (Å²) < 4.78 is 24.6. The summed E-state index contributed by atoms with van der Waals surface area (Å²) in [6.45, 7) is 0.864. The van der Waals surface area contributed by atoms with Crippen LogP contribution in [-0.4, -0.2) is 47.4 Å². The van der Waals surface area contributed by atoms with E-state index in [4.69, 9.17) is 5.73 Å². The van der Waals surface area contributed by atoms with Crippen LogP contribution >= 0.6 is 0 Å². The highest BCUT2D eigenvalue weighted by atomic mass is 32.2. The average Bonchev–Trinajstić information content (AvgIpc) is 2.76. The molecule has 0 bridgehead atoms. The highest BCUT2D eigenvalue weighted by Crippen LogP contribution is 2.21. The molecule has 2 aromatic rings. The minimum atomic E-state index is -2.90. The van der Waals surface area contributed by atoms with Gasteiger partial charge in [-0.25, -0.2) is 18.4 Å². The van der Waals surface area contributed by atoms with Gasteiger partial charge in [-0.3, -0.25) is 0 Å². The van der Waals surface area contributed by atoms with Crippen LogP contribution < -0.4 is 10.6 Å². The number of hydrogen-bond donors (Lipinski definition) is 1. The van der Waals surface area contributed by atoms with Gasteiger partial charge in [0.2, 0.25) is 0 Å². The summed E-state index contributed by atoms with van der Waals surface area (Å²) in [6.07, 6.45) is 5.14. The predicted octanol–water partition coefficient (Wildman–Crippen LogP) is -0.454. The number of rotatable bonds is 1. The van der Waals surface area contributed by atoms with Gasteiger partial charge in [-0.15, -0.1) is 0 Å². The second-order valence-electron chi connectivity index (χ2n) is 4.29. The minimum absolute atomic E-state index is 0.149. The van der Waals surface area contributed by atoms with Gasteiger partial charge in [0.25, 0.3) is 0 Å². The number of hydrogen-bond acceptors (Lipinski definition) is 6. The Morgan fingerprint density at radius 1 is 1.28 bits per heavy atom. The van der Waals surface area contributed by atoms with Crippen LogP contribution in [0, 0.1) is 0 Å². The Hall–Kier alpha value is -1.83. The van der Waals surface area contributed by atoms with Crippen molar-refractivity contribution in [2.24, 2.45) is 0 Å². The molecule has 0 amide bonds. The van der Waals surface area contributed by atoms with Gasteiger partial charge >= 0.3 is 0 Å². The number of sulfone groups is 1. The van der Waals surface area contributed by atoms with Crippen LogP contribution in [-0.2, 0) is 9.84 Å². The highest BCUT2D eigenvalue weighted by Gasteiger charge is 2.24. The zero-order valence-corrected chi connectivity index (χ0v) is 10.5. The Balaban J connectivity index is 2.02. The van der Waals surface area contributed by atoms with Crippen LogP contribution in [0.5, 0.6) is 0 Å². The normalized spacial score (nSPS) is 19.2.